The number of hydrogen-bond acceptors (Lipinski definition) is 11. The van der Waals surface area contributed by atoms with Crippen molar-refractivity contribution >= 4 is 5.69 Å². The van der Waals surface area contributed by atoms with E-state index >= 15 is 0 Å². The van der Waals surface area contributed by atoms with Gasteiger partial charge in [-0.15, -0.1) is 0 Å². The maximum Gasteiger partial charge on any atom is 0.269 e. The van der Waals surface area contributed by atoms with Crippen molar-refractivity contribution in [1.82, 2.24) is 0 Å². The van der Waals surface area contributed by atoms with Crippen molar-refractivity contribution in [2.45, 2.75) is 90.4 Å². The van der Waals surface area contributed by atoms with Gasteiger partial charge in [0.05, 0.1) is 104 Å². The van der Waals surface area contributed by atoms with E-state index in [9.17, 15) is 10.1 Å². The Balaban J connectivity index is 1.64. The Labute approximate surface area is 295 Å². The molecule has 49 heavy (non-hydrogen) atoms. The van der Waals surface area contributed by atoms with Gasteiger partial charge in [-0.2, -0.15) is 0 Å². The lowest BCUT2D eigenvalue weighted by Gasteiger charge is -2.09. The summed E-state index contributed by atoms with van der Waals surface area (Å²) in [5, 5.41) is 10.6. The fraction of sp³-hybridized carbons (Fsp3) is 0.838. The second-order valence-electron chi connectivity index (χ2n) is 11.7. The van der Waals surface area contributed by atoms with E-state index in [-0.39, 0.29) is 5.69 Å². The van der Waals surface area contributed by atoms with Crippen molar-refractivity contribution in [1.29, 1.82) is 0 Å². The number of non-ortho nitro benzene ring substituents is 1. The topological polar surface area (TPSA) is 126 Å². The maximum absolute atomic E-state index is 10.6. The van der Waals surface area contributed by atoms with Crippen molar-refractivity contribution in [2.24, 2.45) is 0 Å². The summed E-state index contributed by atoms with van der Waals surface area (Å²) in [6.07, 6.45) is 17.7. The van der Waals surface area contributed by atoms with Gasteiger partial charge in [-0.25, -0.2) is 0 Å². The van der Waals surface area contributed by atoms with Crippen LogP contribution in [-0.2, 0) is 37.9 Å². The molecule has 0 radical (unpaired) electrons. The summed E-state index contributed by atoms with van der Waals surface area (Å²) in [6, 6.07) is 5.94. The van der Waals surface area contributed by atoms with Crippen molar-refractivity contribution in [3.8, 4) is 5.75 Å². The summed E-state index contributed by atoms with van der Waals surface area (Å²) in [6.45, 7) is 11.1. The number of nitro benzene ring substituents is 1. The van der Waals surface area contributed by atoms with Crippen LogP contribution in [-0.4, -0.2) is 117 Å². The van der Waals surface area contributed by atoms with Crippen LogP contribution in [0.15, 0.2) is 24.3 Å². The Hall–Kier alpha value is -1.90. The monoisotopic (exact) mass is 701 g/mol. The first-order valence-corrected chi connectivity index (χ1v) is 18.7. The molecule has 0 aliphatic rings. The molecule has 0 unspecified atom stereocenters. The highest BCUT2D eigenvalue weighted by molar-refractivity contribution is 5.35. The smallest absolute Gasteiger partial charge is 0.269 e. The summed E-state index contributed by atoms with van der Waals surface area (Å²) in [5.74, 6) is 0.563. The molecule has 1 rings (SSSR count). The van der Waals surface area contributed by atoms with Crippen LogP contribution >= 0.6 is 0 Å². The number of nitro groups is 1. The molecule has 0 aromatic heterocycles. The molecule has 0 saturated heterocycles. The molecule has 0 saturated carbocycles. The van der Waals surface area contributed by atoms with Crippen molar-refractivity contribution in [3.63, 3.8) is 0 Å². The van der Waals surface area contributed by atoms with Gasteiger partial charge < -0.3 is 42.6 Å². The predicted octanol–water partition coefficient (Wildman–Crippen LogP) is 7.20. The van der Waals surface area contributed by atoms with Gasteiger partial charge in [-0.05, 0) is 18.6 Å². The Bertz CT molecular complexity index is 816. The summed E-state index contributed by atoms with van der Waals surface area (Å²) in [5.41, 5.74) is 0.0313. The molecule has 1 aromatic rings. The predicted molar refractivity (Wildman–Crippen MR) is 191 cm³/mol. The van der Waals surface area contributed by atoms with Crippen LogP contribution in [0.2, 0.25) is 0 Å². The van der Waals surface area contributed by atoms with Gasteiger partial charge in [0.2, 0.25) is 0 Å². The highest BCUT2D eigenvalue weighted by Crippen LogP contribution is 2.17. The van der Waals surface area contributed by atoms with Gasteiger partial charge in [0.25, 0.3) is 5.69 Å². The zero-order valence-corrected chi connectivity index (χ0v) is 30.5. The third-order valence-electron chi connectivity index (χ3n) is 7.54. The number of nitrogens with zero attached hydrogens (tertiary/aromatic N) is 1. The lowest BCUT2D eigenvalue weighted by molar-refractivity contribution is -0.384. The van der Waals surface area contributed by atoms with E-state index in [4.69, 9.17) is 42.6 Å². The number of hydrogen-bond donors (Lipinski definition) is 0. The van der Waals surface area contributed by atoms with E-state index in [0.29, 0.717) is 111 Å². The highest BCUT2D eigenvalue weighted by Gasteiger charge is 2.04. The first-order chi connectivity index (χ1) is 24.2. The fourth-order valence-electron chi connectivity index (χ4n) is 4.75. The zero-order valence-electron chi connectivity index (χ0n) is 30.5. The molecule has 0 heterocycles. The Morgan fingerprint density at radius 3 is 1.02 bits per heavy atom. The normalized spacial score (nSPS) is 11.4. The average Bonchev–Trinajstić information content (AvgIpc) is 3.11. The molecule has 0 aliphatic heterocycles. The Kier molecular flexibility index (Phi) is 34.4. The molecule has 0 amide bonds. The molecular weight excluding hydrogens is 634 g/mol. The molecule has 0 atom stereocenters. The SMILES string of the molecule is CCCCCCCCCCCCCCCOCCOCCOCCOCCOCCOCCOCCOCCOc1ccc([N+](=O)[O-])cc1. The molecule has 0 fully saturated rings. The van der Waals surface area contributed by atoms with Crippen molar-refractivity contribution < 1.29 is 47.6 Å². The van der Waals surface area contributed by atoms with Gasteiger partial charge in [0.15, 0.2) is 0 Å². The molecule has 12 nitrogen and oxygen atoms in total. The van der Waals surface area contributed by atoms with Gasteiger partial charge in [0.1, 0.15) is 12.4 Å². The average molecular weight is 702 g/mol. The van der Waals surface area contributed by atoms with Gasteiger partial charge in [0, 0.05) is 18.7 Å². The number of rotatable bonds is 40. The first kappa shape index (κ1) is 45.1. The minimum Gasteiger partial charge on any atom is -0.491 e. The number of ether oxygens (including phenoxy) is 9. The van der Waals surface area contributed by atoms with Gasteiger partial charge in [-0.1, -0.05) is 84.0 Å². The van der Waals surface area contributed by atoms with Crippen LogP contribution in [0.25, 0.3) is 0 Å². The molecule has 0 aliphatic carbocycles. The van der Waals surface area contributed by atoms with Crippen molar-refractivity contribution in [2.75, 3.05) is 112 Å². The maximum atomic E-state index is 10.6. The third kappa shape index (κ3) is 33.0. The van der Waals surface area contributed by atoms with E-state index < -0.39 is 4.92 Å². The lowest BCUT2D eigenvalue weighted by Crippen LogP contribution is -2.15. The molecule has 0 bridgehead atoms. The van der Waals surface area contributed by atoms with Gasteiger partial charge >= 0.3 is 0 Å². The van der Waals surface area contributed by atoms with Crippen LogP contribution in [0.5, 0.6) is 5.75 Å². The standard InChI is InChI=1S/C37H67NO11/c1-2-3-4-5-6-7-8-9-10-11-12-13-14-19-41-20-21-42-22-23-43-24-25-44-26-27-45-28-29-46-30-31-47-32-33-48-34-35-49-37-17-15-36(16-18-37)38(39)40/h15-18H,2-14,19-35H2,1H3. The van der Waals surface area contributed by atoms with Crippen molar-refractivity contribution in [3.05, 3.63) is 34.4 Å². The summed E-state index contributed by atoms with van der Waals surface area (Å²) in [4.78, 5) is 10.2. The van der Waals surface area contributed by atoms with Crippen LogP contribution in [0.4, 0.5) is 5.69 Å². The largest absolute Gasteiger partial charge is 0.491 e. The summed E-state index contributed by atoms with van der Waals surface area (Å²) < 4.78 is 49.6. The Morgan fingerprint density at radius 1 is 0.408 bits per heavy atom. The molecule has 0 N–H and O–H groups in total. The molecule has 12 heteroatoms. The highest BCUT2D eigenvalue weighted by atomic mass is 16.6. The van der Waals surface area contributed by atoms with E-state index in [0.717, 1.165) is 13.0 Å². The molecular formula is C37H67NO11. The van der Waals surface area contributed by atoms with E-state index in [1.165, 1.54) is 89.2 Å². The summed E-state index contributed by atoms with van der Waals surface area (Å²) in [7, 11) is 0. The fourth-order valence-corrected chi connectivity index (χ4v) is 4.75. The van der Waals surface area contributed by atoms with Crippen LogP contribution in [0, 0.1) is 10.1 Å². The number of unbranched alkanes of at least 4 members (excludes halogenated alkanes) is 12. The lowest BCUT2D eigenvalue weighted by atomic mass is 10.0. The molecule has 286 valence electrons. The second kappa shape index (κ2) is 37.4. The Morgan fingerprint density at radius 2 is 0.694 bits per heavy atom. The first-order valence-electron chi connectivity index (χ1n) is 18.7. The van der Waals surface area contributed by atoms with Gasteiger partial charge in [-0.3, -0.25) is 10.1 Å². The van der Waals surface area contributed by atoms with E-state index in [2.05, 4.69) is 6.92 Å². The van der Waals surface area contributed by atoms with Crippen LogP contribution < -0.4 is 4.74 Å². The molecule has 0 spiro atoms. The molecule has 1 aromatic carbocycles. The second-order valence-corrected chi connectivity index (χ2v) is 11.7. The quantitative estimate of drug-likeness (QED) is 0.0392. The third-order valence-corrected chi connectivity index (χ3v) is 7.54. The van der Waals surface area contributed by atoms with Crippen LogP contribution in [0.3, 0.4) is 0 Å². The zero-order chi connectivity index (χ0) is 35.1. The minimum atomic E-state index is -0.446. The van der Waals surface area contributed by atoms with E-state index in [1.54, 1.807) is 12.1 Å². The minimum absolute atomic E-state index is 0.0313. The van der Waals surface area contributed by atoms with E-state index in [1.807, 2.05) is 0 Å². The number of benzene rings is 1. The summed E-state index contributed by atoms with van der Waals surface area (Å²) >= 11 is 0. The van der Waals surface area contributed by atoms with Crippen LogP contribution in [0.1, 0.15) is 90.4 Å².